The van der Waals surface area contributed by atoms with Gasteiger partial charge in [0.25, 0.3) is 5.91 Å². The molecule has 2 fully saturated rings. The van der Waals surface area contributed by atoms with Gasteiger partial charge in [-0.1, -0.05) is 29.1 Å². The molecular formula is C20H21Cl2N5O2. The number of primary amides is 1. The van der Waals surface area contributed by atoms with Crippen LogP contribution in [-0.4, -0.2) is 52.4 Å². The molecule has 2 aliphatic heterocycles. The van der Waals surface area contributed by atoms with Crippen molar-refractivity contribution in [2.24, 2.45) is 5.73 Å². The van der Waals surface area contributed by atoms with E-state index in [0.717, 1.165) is 38.9 Å². The summed E-state index contributed by atoms with van der Waals surface area (Å²) in [6.45, 7) is 2.77. The van der Waals surface area contributed by atoms with Gasteiger partial charge in [-0.05, 0) is 37.8 Å². The highest BCUT2D eigenvalue weighted by Crippen LogP contribution is 2.38. The predicted octanol–water partition coefficient (Wildman–Crippen LogP) is 2.34. The lowest BCUT2D eigenvalue weighted by Crippen LogP contribution is -2.32. The lowest BCUT2D eigenvalue weighted by atomic mass is 10.1. The number of nitrogens with one attached hydrogen (secondary N) is 1. The van der Waals surface area contributed by atoms with Crippen molar-refractivity contribution in [1.82, 2.24) is 19.8 Å². The molecule has 29 heavy (non-hydrogen) atoms. The van der Waals surface area contributed by atoms with Gasteiger partial charge in [-0.25, -0.2) is 4.98 Å². The van der Waals surface area contributed by atoms with E-state index >= 15 is 0 Å². The zero-order valence-corrected chi connectivity index (χ0v) is 17.3. The molecule has 4 heterocycles. The van der Waals surface area contributed by atoms with Gasteiger partial charge in [-0.3, -0.25) is 9.59 Å². The topological polar surface area (TPSA) is 93.3 Å². The van der Waals surface area contributed by atoms with Crippen LogP contribution in [0.25, 0.3) is 11.0 Å². The first-order chi connectivity index (χ1) is 14.0. The summed E-state index contributed by atoms with van der Waals surface area (Å²) in [6.07, 6.45) is 3.36. The molecule has 4 rings (SSSR count). The van der Waals surface area contributed by atoms with Gasteiger partial charge in [-0.15, -0.1) is 0 Å². The van der Waals surface area contributed by atoms with Gasteiger partial charge in [-0.2, -0.15) is 0 Å². The van der Waals surface area contributed by atoms with Crippen LogP contribution in [0.15, 0.2) is 6.07 Å². The predicted molar refractivity (Wildman–Crippen MR) is 112 cm³/mol. The van der Waals surface area contributed by atoms with Crippen molar-refractivity contribution in [3.8, 4) is 11.8 Å². The molecule has 0 bridgehead atoms. The molecule has 2 aliphatic rings. The Labute approximate surface area is 178 Å². The third kappa shape index (κ3) is 3.80. The van der Waals surface area contributed by atoms with Crippen LogP contribution in [0.5, 0.6) is 0 Å². The Morgan fingerprint density at radius 1 is 1.38 bits per heavy atom. The van der Waals surface area contributed by atoms with E-state index in [-0.39, 0.29) is 17.6 Å². The number of carbonyl (C=O) groups excluding carboxylic acids is 2. The Bertz CT molecular complexity index is 1050. The highest BCUT2D eigenvalue weighted by Gasteiger charge is 2.26. The van der Waals surface area contributed by atoms with Crippen LogP contribution in [0.1, 0.15) is 47.9 Å². The van der Waals surface area contributed by atoms with Gasteiger partial charge < -0.3 is 20.5 Å². The number of carbonyl (C=O) groups is 2. The lowest BCUT2D eigenvalue weighted by molar-refractivity contribution is -0.127. The summed E-state index contributed by atoms with van der Waals surface area (Å²) < 4.78 is 1.96. The Balaban J connectivity index is 1.83. The number of piperidine rings is 1. The Morgan fingerprint density at radius 2 is 2.21 bits per heavy atom. The molecule has 0 saturated carbocycles. The summed E-state index contributed by atoms with van der Waals surface area (Å²) in [4.78, 5) is 29.7. The SMILES string of the molecule is NC(=O)c1cc(Cl)c2c(Cl)c(C#CCN3CCCC3=O)n([C@H]3CCCNC3)c2n1. The van der Waals surface area contributed by atoms with Crippen molar-refractivity contribution in [2.75, 3.05) is 26.2 Å². The third-order valence-electron chi connectivity index (χ3n) is 5.39. The maximum absolute atomic E-state index is 11.8. The van der Waals surface area contributed by atoms with Gasteiger partial charge in [0.15, 0.2) is 0 Å². The molecule has 0 aliphatic carbocycles. The molecule has 2 aromatic rings. The first kappa shape index (κ1) is 20.0. The zero-order chi connectivity index (χ0) is 20.5. The number of hydrogen-bond donors (Lipinski definition) is 2. The van der Waals surface area contributed by atoms with Crippen molar-refractivity contribution in [3.63, 3.8) is 0 Å². The van der Waals surface area contributed by atoms with E-state index in [4.69, 9.17) is 28.9 Å². The second kappa shape index (κ2) is 8.23. The van der Waals surface area contributed by atoms with Gasteiger partial charge >= 0.3 is 0 Å². The van der Waals surface area contributed by atoms with Gasteiger partial charge in [0.05, 0.1) is 22.0 Å². The minimum absolute atomic E-state index is 0.0724. The van der Waals surface area contributed by atoms with Crippen LogP contribution in [0.3, 0.4) is 0 Å². The van der Waals surface area contributed by atoms with Crippen LogP contribution >= 0.6 is 23.2 Å². The van der Waals surface area contributed by atoms with Crippen LogP contribution in [0, 0.1) is 11.8 Å². The number of halogens is 2. The summed E-state index contributed by atoms with van der Waals surface area (Å²) in [7, 11) is 0. The van der Waals surface area contributed by atoms with Gasteiger partial charge in [0.1, 0.15) is 17.0 Å². The number of amides is 2. The minimum atomic E-state index is -0.653. The van der Waals surface area contributed by atoms with Crippen molar-refractivity contribution < 1.29 is 9.59 Å². The highest BCUT2D eigenvalue weighted by atomic mass is 35.5. The second-order valence-corrected chi connectivity index (χ2v) is 8.09. The molecule has 0 radical (unpaired) electrons. The van der Waals surface area contributed by atoms with Crippen LogP contribution in [-0.2, 0) is 4.79 Å². The average Bonchev–Trinajstić information content (AvgIpc) is 3.23. The fourth-order valence-corrected chi connectivity index (χ4v) is 4.60. The summed E-state index contributed by atoms with van der Waals surface area (Å²) in [5, 5.41) is 4.65. The number of hydrogen-bond acceptors (Lipinski definition) is 4. The molecule has 2 amide bonds. The normalized spacial score (nSPS) is 19.4. The maximum Gasteiger partial charge on any atom is 0.267 e. The maximum atomic E-state index is 11.8. The molecule has 1 atom stereocenters. The highest BCUT2D eigenvalue weighted by molar-refractivity contribution is 6.43. The van der Waals surface area contributed by atoms with E-state index in [2.05, 4.69) is 22.1 Å². The Morgan fingerprint density at radius 3 is 2.86 bits per heavy atom. The monoisotopic (exact) mass is 433 g/mol. The molecule has 0 aromatic carbocycles. The van der Waals surface area contributed by atoms with Crippen LogP contribution < -0.4 is 11.1 Å². The van der Waals surface area contributed by atoms with Crippen LogP contribution in [0.4, 0.5) is 0 Å². The van der Waals surface area contributed by atoms with E-state index < -0.39 is 5.91 Å². The molecule has 152 valence electrons. The van der Waals surface area contributed by atoms with E-state index in [9.17, 15) is 9.59 Å². The molecular weight excluding hydrogens is 413 g/mol. The number of nitrogens with two attached hydrogens (primary N) is 1. The minimum Gasteiger partial charge on any atom is -0.364 e. The average molecular weight is 434 g/mol. The van der Waals surface area contributed by atoms with E-state index in [0.29, 0.717) is 39.7 Å². The molecule has 2 aromatic heterocycles. The standard InChI is InChI=1S/C20H21Cl2N5O2/c21-13-10-14(19(23)29)25-20-17(13)18(22)15(27(20)12-4-1-7-24-11-12)5-2-8-26-9-3-6-16(26)28/h10,12,24H,1,3-4,6-9,11H2,(H2,23,29)/t12-/m0/s1. The quantitative estimate of drug-likeness (QED) is 0.726. The largest absolute Gasteiger partial charge is 0.364 e. The van der Waals surface area contributed by atoms with E-state index in [1.54, 1.807) is 4.90 Å². The zero-order valence-electron chi connectivity index (χ0n) is 15.8. The second-order valence-electron chi connectivity index (χ2n) is 7.31. The number of rotatable bonds is 3. The molecule has 7 nitrogen and oxygen atoms in total. The van der Waals surface area contributed by atoms with Crippen molar-refractivity contribution in [1.29, 1.82) is 0 Å². The summed E-state index contributed by atoms with van der Waals surface area (Å²) >= 11 is 13.1. The summed E-state index contributed by atoms with van der Waals surface area (Å²) in [5.74, 6) is 5.69. The van der Waals surface area contributed by atoms with Crippen molar-refractivity contribution in [3.05, 3.63) is 27.5 Å². The van der Waals surface area contributed by atoms with Crippen molar-refractivity contribution >= 4 is 46.0 Å². The number of likely N-dealkylation sites (tertiary alicyclic amines) is 1. The Kier molecular flexibility index (Phi) is 5.68. The molecule has 3 N–H and O–H groups in total. The number of aromatic nitrogens is 2. The lowest BCUT2D eigenvalue weighted by Gasteiger charge is -2.25. The van der Waals surface area contributed by atoms with E-state index in [1.807, 2.05) is 4.57 Å². The number of nitrogens with zero attached hydrogens (tertiary/aromatic N) is 3. The first-order valence-corrected chi connectivity index (χ1v) is 10.4. The third-order valence-corrected chi connectivity index (χ3v) is 6.05. The molecule has 9 heteroatoms. The molecule has 0 unspecified atom stereocenters. The number of pyridine rings is 1. The van der Waals surface area contributed by atoms with Gasteiger partial charge in [0.2, 0.25) is 5.91 Å². The smallest absolute Gasteiger partial charge is 0.267 e. The summed E-state index contributed by atoms with van der Waals surface area (Å²) in [5.41, 5.74) is 6.62. The molecule has 2 saturated heterocycles. The van der Waals surface area contributed by atoms with E-state index in [1.165, 1.54) is 6.07 Å². The Hall–Kier alpha value is -2.27. The fourth-order valence-electron chi connectivity index (χ4n) is 3.95. The van der Waals surface area contributed by atoms with Gasteiger partial charge in [0, 0.05) is 25.6 Å². The van der Waals surface area contributed by atoms with Crippen molar-refractivity contribution in [2.45, 2.75) is 31.7 Å². The molecule has 0 spiro atoms. The summed E-state index contributed by atoms with van der Waals surface area (Å²) in [6, 6.07) is 1.50. The first-order valence-electron chi connectivity index (χ1n) is 9.64. The van der Waals surface area contributed by atoms with Crippen LogP contribution in [0.2, 0.25) is 10.0 Å². The number of fused-ring (bicyclic) bond motifs is 1. The fraction of sp³-hybridized carbons (Fsp3) is 0.450.